The Hall–Kier alpha value is -4.41. The van der Waals surface area contributed by atoms with E-state index in [9.17, 15) is 0 Å². The third kappa shape index (κ3) is 5.09. The number of epoxide rings is 1. The van der Waals surface area contributed by atoms with Gasteiger partial charge in [0.1, 0.15) is 67.1 Å². The smallest absolute Gasteiger partial charge is 0.128 e. The van der Waals surface area contributed by atoms with E-state index in [0.29, 0.717) is 16.8 Å². The maximum absolute atomic E-state index is 6.36. The van der Waals surface area contributed by atoms with Gasteiger partial charge in [-0.1, -0.05) is 65.5 Å². The van der Waals surface area contributed by atoms with Crippen LogP contribution in [0.4, 0.5) is 11.4 Å². The number of ether oxygens (including phenoxy) is 1. The molecular formula is C36H21B7N2O. The number of benzene rings is 5. The summed E-state index contributed by atoms with van der Waals surface area (Å²) in [6.45, 7) is 0. The number of nitrogens with zero attached hydrogens (tertiary/aromatic N) is 1. The van der Waals surface area contributed by atoms with Crippen molar-refractivity contribution in [1.29, 1.82) is 0 Å². The summed E-state index contributed by atoms with van der Waals surface area (Å²) in [6, 6.07) is 33.1. The zero-order chi connectivity index (χ0) is 32.1. The molecule has 0 amide bonds. The van der Waals surface area contributed by atoms with Gasteiger partial charge in [-0.25, -0.2) is 0 Å². The molecule has 0 spiro atoms. The molecule has 1 N–H and O–H groups in total. The Morgan fingerprint density at radius 3 is 1.85 bits per heavy atom. The first-order chi connectivity index (χ1) is 22.3. The predicted octanol–water partition coefficient (Wildman–Crippen LogP) is 2.08. The Kier molecular flexibility index (Phi) is 7.94. The molecular weight excluding hydrogens is 552 g/mol. The van der Waals surface area contributed by atoms with Crippen LogP contribution in [0.15, 0.2) is 115 Å². The first-order valence-electron chi connectivity index (χ1n) is 14.8. The van der Waals surface area contributed by atoms with Crippen LogP contribution in [0.3, 0.4) is 0 Å². The molecule has 202 valence electrons. The third-order valence-corrected chi connectivity index (χ3v) is 8.67. The summed E-state index contributed by atoms with van der Waals surface area (Å²) >= 11 is 0. The van der Waals surface area contributed by atoms with Gasteiger partial charge in [0, 0.05) is 38.9 Å². The Bertz CT molecular complexity index is 2150. The lowest BCUT2D eigenvalue weighted by Gasteiger charge is -2.28. The molecule has 5 aromatic carbocycles. The topological polar surface area (TPSA) is 31.6 Å². The average Bonchev–Trinajstić information content (AvgIpc) is 3.79. The minimum atomic E-state index is -0.514. The molecule has 0 bridgehead atoms. The standard InChI is InChI=1S/C36H21B7N2O/c37-17-25(29-30(39)32(41)34(43)33(42)31(29)40)35-36(46-35)28(18-38)45(21-6-2-1-3-7-21)22-13-10-19(11-14-22)20-12-15-27-24(16-20)23-8-4-5-9-26(23)44-27/h1-18,35-36,44H/b25-17+,28-18-. The van der Waals surface area contributed by atoms with Gasteiger partial charge in [-0.3, -0.25) is 0 Å². The van der Waals surface area contributed by atoms with Crippen LogP contribution in [0.1, 0.15) is 5.56 Å². The number of aromatic nitrogens is 1. The zero-order valence-electron chi connectivity index (χ0n) is 24.9. The maximum atomic E-state index is 6.36. The molecule has 14 radical (unpaired) electrons. The van der Waals surface area contributed by atoms with Crippen LogP contribution >= 0.6 is 0 Å². The minimum Gasteiger partial charge on any atom is -0.358 e. The van der Waals surface area contributed by atoms with Gasteiger partial charge in [-0.05, 0) is 64.7 Å². The number of rotatable bonds is 7. The highest BCUT2D eigenvalue weighted by molar-refractivity contribution is 6.68. The van der Waals surface area contributed by atoms with Gasteiger partial charge in [0.05, 0.1) is 0 Å². The molecule has 2 atom stereocenters. The minimum absolute atomic E-state index is 0.131. The fraction of sp³-hybridized carbons (Fsp3) is 0.0556. The average molecular weight is 573 g/mol. The summed E-state index contributed by atoms with van der Waals surface area (Å²) in [6.07, 6.45) is -0.983. The molecule has 1 aliphatic heterocycles. The lowest BCUT2D eigenvalue weighted by molar-refractivity contribution is 0.409. The van der Waals surface area contributed by atoms with Crippen LogP contribution < -0.4 is 32.2 Å². The maximum Gasteiger partial charge on any atom is 0.128 e. The molecule has 1 saturated heterocycles. The van der Waals surface area contributed by atoms with Crippen molar-refractivity contribution in [2.45, 2.75) is 12.2 Å². The predicted molar refractivity (Wildman–Crippen MR) is 199 cm³/mol. The fourth-order valence-electron chi connectivity index (χ4n) is 6.21. The Balaban J connectivity index is 1.23. The number of hydrogen-bond acceptors (Lipinski definition) is 2. The highest BCUT2D eigenvalue weighted by Crippen LogP contribution is 2.43. The van der Waals surface area contributed by atoms with Crippen molar-refractivity contribution >= 4 is 121 Å². The summed E-state index contributed by atoms with van der Waals surface area (Å²) in [5.74, 6) is 2.95. The van der Waals surface area contributed by atoms with E-state index in [4.69, 9.17) is 59.7 Å². The van der Waals surface area contributed by atoms with E-state index < -0.39 is 12.2 Å². The van der Waals surface area contributed by atoms with Crippen molar-refractivity contribution in [3.05, 3.63) is 120 Å². The second kappa shape index (κ2) is 12.1. The highest BCUT2D eigenvalue weighted by atomic mass is 16.6. The van der Waals surface area contributed by atoms with Crippen LogP contribution in [0.5, 0.6) is 0 Å². The van der Waals surface area contributed by atoms with Gasteiger partial charge in [0.25, 0.3) is 0 Å². The number of hydrogen-bond donors (Lipinski definition) is 1. The largest absolute Gasteiger partial charge is 0.358 e. The summed E-state index contributed by atoms with van der Waals surface area (Å²) < 4.78 is 6.22. The summed E-state index contributed by atoms with van der Waals surface area (Å²) in [7, 11) is 43.5. The molecule has 0 saturated carbocycles. The van der Waals surface area contributed by atoms with Crippen LogP contribution in [0.2, 0.25) is 0 Å². The number of para-hydroxylation sites is 2. The van der Waals surface area contributed by atoms with Gasteiger partial charge >= 0.3 is 0 Å². The highest BCUT2D eigenvalue weighted by Gasteiger charge is 2.46. The zero-order valence-corrected chi connectivity index (χ0v) is 24.9. The van der Waals surface area contributed by atoms with Gasteiger partial charge in [-0.2, -0.15) is 0 Å². The molecule has 46 heavy (non-hydrogen) atoms. The Morgan fingerprint density at radius 2 is 1.17 bits per heavy atom. The molecule has 7 rings (SSSR count). The van der Waals surface area contributed by atoms with E-state index in [0.717, 1.165) is 33.5 Å². The van der Waals surface area contributed by atoms with Crippen molar-refractivity contribution in [3.63, 3.8) is 0 Å². The second-order valence-electron chi connectivity index (χ2n) is 11.3. The summed E-state index contributed by atoms with van der Waals surface area (Å²) in [5, 5.41) is 2.38. The van der Waals surface area contributed by atoms with Gasteiger partial charge < -0.3 is 14.6 Å². The molecule has 2 heterocycles. The summed E-state index contributed by atoms with van der Waals surface area (Å²) in [5.41, 5.74) is 8.65. The monoisotopic (exact) mass is 574 g/mol. The second-order valence-corrected chi connectivity index (χ2v) is 11.3. The van der Waals surface area contributed by atoms with Gasteiger partial charge in [0.2, 0.25) is 0 Å². The lowest BCUT2D eigenvalue weighted by atomic mass is 9.59. The van der Waals surface area contributed by atoms with Crippen molar-refractivity contribution in [2.24, 2.45) is 0 Å². The van der Waals surface area contributed by atoms with E-state index in [-0.39, 0.29) is 27.3 Å². The molecule has 6 aromatic rings. The van der Waals surface area contributed by atoms with Crippen molar-refractivity contribution in [3.8, 4) is 11.1 Å². The van der Waals surface area contributed by atoms with Gasteiger partial charge in [-0.15, -0.1) is 28.3 Å². The number of anilines is 2. The first kappa shape index (κ1) is 30.3. The number of H-pyrrole nitrogens is 1. The van der Waals surface area contributed by atoms with Crippen LogP contribution in [-0.4, -0.2) is 72.1 Å². The molecule has 2 unspecified atom stereocenters. The van der Waals surface area contributed by atoms with Crippen LogP contribution in [0, 0.1) is 0 Å². The van der Waals surface area contributed by atoms with E-state index in [2.05, 4.69) is 70.5 Å². The SMILES string of the molecule is [B]/C=C(/C1OC1/C(=C/[B])c1c([B])c([B])c([B])c([B])c1[B])N(c1ccccc1)c1ccc(-c2ccc3[nH]c4ccccc4c3c2)cc1. The van der Waals surface area contributed by atoms with Crippen molar-refractivity contribution in [2.75, 3.05) is 4.90 Å². The number of nitrogens with one attached hydrogen (secondary N) is 1. The Morgan fingerprint density at radius 1 is 0.587 bits per heavy atom. The quantitative estimate of drug-likeness (QED) is 0.235. The van der Waals surface area contributed by atoms with Crippen molar-refractivity contribution in [1.82, 2.24) is 4.98 Å². The molecule has 1 fully saturated rings. The molecule has 1 aliphatic rings. The normalized spacial score (nSPS) is 16.6. The van der Waals surface area contributed by atoms with Gasteiger partial charge in [0.15, 0.2) is 0 Å². The molecule has 10 heteroatoms. The Labute approximate surface area is 278 Å². The lowest BCUT2D eigenvalue weighted by Crippen LogP contribution is -2.56. The third-order valence-electron chi connectivity index (χ3n) is 8.67. The van der Waals surface area contributed by atoms with Crippen LogP contribution in [-0.2, 0) is 4.74 Å². The van der Waals surface area contributed by atoms with Crippen molar-refractivity contribution < 1.29 is 4.74 Å². The van der Waals surface area contributed by atoms with E-state index in [1.165, 1.54) is 16.7 Å². The summed E-state index contributed by atoms with van der Waals surface area (Å²) in [4.78, 5) is 5.55. The van der Waals surface area contributed by atoms with Crippen LogP contribution in [0.25, 0.3) is 38.5 Å². The van der Waals surface area contributed by atoms with E-state index >= 15 is 0 Å². The number of fused-ring (bicyclic) bond motifs is 3. The molecule has 1 aromatic heterocycles. The molecule has 3 nitrogen and oxygen atoms in total. The fourth-order valence-corrected chi connectivity index (χ4v) is 6.21. The molecule has 0 aliphatic carbocycles. The van der Waals surface area contributed by atoms with E-state index in [1.807, 2.05) is 36.4 Å². The van der Waals surface area contributed by atoms with E-state index in [1.54, 1.807) is 5.98 Å². The first-order valence-corrected chi connectivity index (χ1v) is 14.8. The number of aromatic amines is 1.